The summed E-state index contributed by atoms with van der Waals surface area (Å²) < 4.78 is 80.5. The first kappa shape index (κ1) is 12.9. The van der Waals surface area contributed by atoms with Gasteiger partial charge in [0.15, 0.2) is 17.4 Å². The molecule has 0 unspecified atom stereocenters. The molecule has 0 aromatic carbocycles. The normalized spacial score (nSPS) is 23.3. The number of oxazole rings is 1. The van der Waals surface area contributed by atoms with Crippen molar-refractivity contribution in [1.82, 2.24) is 23.9 Å². The Hall–Kier alpha value is -2.33. The number of aromatic nitrogens is 4. The molecule has 1 aliphatic rings. The Bertz CT molecular complexity index is 1220. The summed E-state index contributed by atoms with van der Waals surface area (Å²) in [5.74, 6) is -1.39. The van der Waals surface area contributed by atoms with Crippen LogP contribution in [0.15, 0.2) is 28.2 Å². The zero-order chi connectivity index (χ0) is 22.1. The number of halogens is 1. The van der Waals surface area contributed by atoms with E-state index in [2.05, 4.69) is 15.1 Å². The van der Waals surface area contributed by atoms with Crippen molar-refractivity contribution < 1.29 is 22.7 Å². The lowest BCUT2D eigenvalue weighted by Crippen LogP contribution is -2.38. The highest BCUT2D eigenvalue weighted by Crippen LogP contribution is 2.33. The minimum atomic E-state index is -4.65. The fraction of sp³-hybridized carbons (Fsp3) is 0.438. The van der Waals surface area contributed by atoms with E-state index in [0.29, 0.717) is 5.56 Å². The van der Waals surface area contributed by atoms with E-state index in [-0.39, 0.29) is 34.2 Å². The highest BCUT2D eigenvalue weighted by atomic mass is 32.2. The van der Waals surface area contributed by atoms with E-state index in [4.69, 9.17) is 9.90 Å². The molecule has 10 heteroatoms. The molecule has 0 amide bonds. The van der Waals surface area contributed by atoms with Crippen molar-refractivity contribution in [2.45, 2.75) is 37.7 Å². The number of pyridine rings is 1. The Morgan fingerprint density at radius 2 is 2.04 bits per heavy atom. The van der Waals surface area contributed by atoms with Gasteiger partial charge in [0.05, 0.1) is 6.20 Å². The van der Waals surface area contributed by atoms with Gasteiger partial charge in [0.1, 0.15) is 6.33 Å². The van der Waals surface area contributed by atoms with Gasteiger partial charge >= 0.3 is 0 Å². The van der Waals surface area contributed by atoms with Gasteiger partial charge in [-0.15, -0.1) is 0 Å². The number of rotatable bonds is 3. The lowest BCUT2D eigenvalue weighted by molar-refractivity contribution is 0.306. The molecule has 1 aliphatic heterocycles. The third kappa shape index (κ3) is 2.69. The number of nitrogens with zero attached hydrogens (tertiary/aromatic N) is 5. The molecule has 0 bridgehead atoms. The highest BCUT2D eigenvalue weighted by Gasteiger charge is 2.33. The predicted octanol–water partition coefficient (Wildman–Crippen LogP) is 2.04. The predicted molar refractivity (Wildman–Crippen MR) is 89.7 cm³/mol. The Kier molecular flexibility index (Phi) is 3.05. The average Bonchev–Trinajstić information content (AvgIpc) is 3.24. The first-order valence-electron chi connectivity index (χ1n) is 9.81. The van der Waals surface area contributed by atoms with Crippen LogP contribution in [0.5, 0.6) is 0 Å². The van der Waals surface area contributed by atoms with Gasteiger partial charge in [-0.1, -0.05) is 0 Å². The SMILES string of the molecule is [2H]C1([2H])CC(c2cn3ncnc3c(F)c2C)CC([2H])([2H])N1S(=O)(=O)c1cnc(C)o1. The zero-order valence-electron chi connectivity index (χ0n) is 18.0. The van der Waals surface area contributed by atoms with Crippen LogP contribution in [0.3, 0.4) is 0 Å². The van der Waals surface area contributed by atoms with Gasteiger partial charge in [-0.3, -0.25) is 0 Å². The van der Waals surface area contributed by atoms with E-state index in [1.165, 1.54) is 30.9 Å². The second-order valence-corrected chi connectivity index (χ2v) is 7.66. The molecule has 3 aromatic rings. The maximum absolute atomic E-state index is 14.7. The molecule has 4 rings (SSSR count). The smallest absolute Gasteiger partial charge is 0.278 e. The van der Waals surface area contributed by atoms with E-state index in [0.717, 1.165) is 6.20 Å². The van der Waals surface area contributed by atoms with Gasteiger partial charge in [-0.2, -0.15) is 9.40 Å². The minimum Gasteiger partial charge on any atom is -0.428 e. The lowest BCUT2D eigenvalue weighted by atomic mass is 9.88. The number of fused-ring (bicyclic) bond motifs is 1. The van der Waals surface area contributed by atoms with Gasteiger partial charge in [-0.25, -0.2) is 27.3 Å². The number of sulfonamides is 1. The number of hydrogen-bond acceptors (Lipinski definition) is 6. The molecule has 4 heterocycles. The van der Waals surface area contributed by atoms with Crippen molar-refractivity contribution in [3.8, 4) is 0 Å². The lowest BCUT2D eigenvalue weighted by Gasteiger charge is -2.31. The topological polar surface area (TPSA) is 93.6 Å². The van der Waals surface area contributed by atoms with Crippen LogP contribution in [-0.2, 0) is 10.0 Å². The summed E-state index contributed by atoms with van der Waals surface area (Å²) in [6.07, 6.45) is 2.79. The molecule has 0 atom stereocenters. The van der Waals surface area contributed by atoms with Crippen LogP contribution in [-0.4, -0.2) is 45.3 Å². The largest absolute Gasteiger partial charge is 0.428 e. The third-order valence-corrected chi connectivity index (χ3v) is 5.73. The van der Waals surface area contributed by atoms with Crippen LogP contribution in [0.1, 0.15) is 41.3 Å². The van der Waals surface area contributed by atoms with Crippen molar-refractivity contribution in [2.75, 3.05) is 13.0 Å². The number of aryl methyl sites for hydroxylation is 1. The molecule has 0 aliphatic carbocycles. The minimum absolute atomic E-state index is 0.00275. The summed E-state index contributed by atoms with van der Waals surface area (Å²) in [5, 5.41) is 3.26. The summed E-state index contributed by atoms with van der Waals surface area (Å²) in [4.78, 5) is 7.53. The van der Waals surface area contributed by atoms with Crippen molar-refractivity contribution in [1.29, 1.82) is 0 Å². The average molecular weight is 383 g/mol. The van der Waals surface area contributed by atoms with Crippen molar-refractivity contribution in [3.63, 3.8) is 0 Å². The molecular weight excluding hydrogens is 361 g/mol. The Balaban J connectivity index is 1.78. The second-order valence-electron chi connectivity index (χ2n) is 5.94. The Morgan fingerprint density at radius 1 is 1.31 bits per heavy atom. The number of piperidine rings is 1. The maximum Gasteiger partial charge on any atom is 0.278 e. The molecule has 8 nitrogen and oxygen atoms in total. The van der Waals surface area contributed by atoms with E-state index in [9.17, 15) is 12.8 Å². The fourth-order valence-corrected chi connectivity index (χ4v) is 3.97. The van der Waals surface area contributed by atoms with E-state index in [1.54, 1.807) is 0 Å². The molecule has 1 fully saturated rings. The quantitative estimate of drug-likeness (QED) is 0.687. The zero-order valence-corrected chi connectivity index (χ0v) is 14.8. The molecule has 138 valence electrons. The summed E-state index contributed by atoms with van der Waals surface area (Å²) in [5.41, 5.74) is 0.531. The van der Waals surface area contributed by atoms with E-state index >= 15 is 0 Å². The van der Waals surface area contributed by atoms with Crippen LogP contribution in [0.4, 0.5) is 4.39 Å². The molecule has 0 N–H and O–H groups in total. The van der Waals surface area contributed by atoms with Gasteiger partial charge in [0, 0.05) is 31.6 Å². The second kappa shape index (κ2) is 6.13. The van der Waals surface area contributed by atoms with Crippen LogP contribution < -0.4 is 0 Å². The molecule has 0 saturated carbocycles. The van der Waals surface area contributed by atoms with Gasteiger partial charge in [-0.05, 0) is 36.8 Å². The summed E-state index contributed by atoms with van der Waals surface area (Å²) >= 11 is 0. The van der Waals surface area contributed by atoms with Crippen molar-refractivity contribution >= 4 is 15.7 Å². The third-order valence-electron chi connectivity index (χ3n) is 4.29. The number of hydrogen-bond donors (Lipinski definition) is 0. The molecule has 0 spiro atoms. The first-order valence-corrected chi connectivity index (χ1v) is 9.25. The molecular formula is C16H18FN5O3S. The fourth-order valence-electron chi connectivity index (χ4n) is 2.89. The van der Waals surface area contributed by atoms with Crippen molar-refractivity contribution in [2.24, 2.45) is 0 Å². The Labute approximate surface area is 155 Å². The molecule has 3 aromatic heterocycles. The van der Waals surface area contributed by atoms with Gasteiger partial charge in [0.2, 0.25) is 0 Å². The van der Waals surface area contributed by atoms with Gasteiger partial charge in [0.25, 0.3) is 15.1 Å². The monoisotopic (exact) mass is 383 g/mol. The molecule has 1 saturated heterocycles. The van der Waals surface area contributed by atoms with Crippen LogP contribution >= 0.6 is 0 Å². The molecule has 26 heavy (non-hydrogen) atoms. The standard InChI is InChI=1S/C16H18FN5O3S/c1-10-13(8-22-16(15(10)17)19-9-20-22)12-3-5-21(6-4-12)26(23,24)14-7-18-11(2)25-14/h7-9,12H,3-6H2,1-2H3/i5D2,6D2. The summed E-state index contributed by atoms with van der Waals surface area (Å²) in [7, 11) is -4.65. The van der Waals surface area contributed by atoms with Crippen molar-refractivity contribution in [3.05, 3.63) is 41.6 Å². The van der Waals surface area contributed by atoms with Gasteiger partial charge < -0.3 is 4.42 Å². The van der Waals surface area contributed by atoms with E-state index in [1.807, 2.05) is 0 Å². The summed E-state index contributed by atoms with van der Waals surface area (Å²) in [6, 6.07) is 0. The first-order chi connectivity index (χ1) is 13.8. The molecule has 0 radical (unpaired) electrons. The van der Waals surface area contributed by atoms with Crippen LogP contribution in [0.2, 0.25) is 0 Å². The van der Waals surface area contributed by atoms with Crippen LogP contribution in [0, 0.1) is 19.7 Å². The Morgan fingerprint density at radius 3 is 2.69 bits per heavy atom. The summed E-state index contributed by atoms with van der Waals surface area (Å²) in [6.45, 7) is -2.32. The van der Waals surface area contributed by atoms with Crippen LogP contribution in [0.25, 0.3) is 5.65 Å². The maximum atomic E-state index is 14.7. The van der Waals surface area contributed by atoms with E-state index < -0.39 is 39.8 Å². The highest BCUT2D eigenvalue weighted by molar-refractivity contribution is 7.89.